The average molecular weight is 400 g/mol. The molecule has 6 nitrogen and oxygen atoms in total. The Morgan fingerprint density at radius 3 is 2.48 bits per heavy atom. The summed E-state index contributed by atoms with van der Waals surface area (Å²) in [7, 11) is 3.10. The predicted molar refractivity (Wildman–Crippen MR) is 108 cm³/mol. The number of hydrazine groups is 1. The quantitative estimate of drug-likeness (QED) is 0.614. The van der Waals surface area contributed by atoms with Gasteiger partial charge in [-0.15, -0.1) is 0 Å². The predicted octanol–water partition coefficient (Wildman–Crippen LogP) is 3.25. The molecule has 2 aromatic rings. The number of amides is 2. The van der Waals surface area contributed by atoms with Gasteiger partial charge in [-0.3, -0.25) is 15.0 Å². The zero-order valence-electron chi connectivity index (χ0n) is 14.6. The molecule has 1 heterocycles. The summed E-state index contributed by atoms with van der Waals surface area (Å²) >= 11 is 6.35. The number of thioether (sulfide) groups is 1. The van der Waals surface area contributed by atoms with Crippen LogP contribution in [0.5, 0.6) is 11.5 Å². The van der Waals surface area contributed by atoms with Crippen LogP contribution in [-0.4, -0.2) is 35.4 Å². The topological polar surface area (TPSA) is 67.9 Å². The van der Waals surface area contributed by atoms with Crippen LogP contribution in [0, 0.1) is 0 Å². The number of ether oxygens (including phenoxy) is 2. The molecule has 0 bridgehead atoms. The second-order valence-corrected chi connectivity index (χ2v) is 7.11. The fraction of sp³-hybridized carbons (Fsp3) is 0.105. The van der Waals surface area contributed by atoms with Crippen molar-refractivity contribution in [3.05, 3.63) is 64.6 Å². The lowest BCUT2D eigenvalue weighted by Crippen LogP contribution is -2.44. The number of carbonyl (C=O) groups excluding carboxylic acids is 2. The normalized spacial score (nSPS) is 15.2. The number of nitrogens with zero attached hydrogens (tertiary/aromatic N) is 1. The molecule has 1 saturated heterocycles. The number of carbonyl (C=O) groups is 2. The van der Waals surface area contributed by atoms with E-state index in [4.69, 9.17) is 21.7 Å². The van der Waals surface area contributed by atoms with Crippen molar-refractivity contribution in [1.29, 1.82) is 0 Å². The van der Waals surface area contributed by atoms with E-state index in [1.807, 2.05) is 6.07 Å². The Kier molecular flexibility index (Phi) is 5.78. The lowest BCUT2D eigenvalue weighted by molar-refractivity contribution is -0.123. The van der Waals surface area contributed by atoms with Crippen molar-refractivity contribution in [2.24, 2.45) is 0 Å². The van der Waals surface area contributed by atoms with Gasteiger partial charge in [0, 0.05) is 5.56 Å². The van der Waals surface area contributed by atoms with Crippen molar-refractivity contribution >= 4 is 46.2 Å². The SMILES string of the molecule is COc1ccc(/C=C2/SC(=S)N(NC(=O)c3ccccc3)C2=O)cc1OC. The molecule has 0 aromatic heterocycles. The maximum atomic E-state index is 12.6. The summed E-state index contributed by atoms with van der Waals surface area (Å²) < 4.78 is 10.7. The van der Waals surface area contributed by atoms with Crippen molar-refractivity contribution in [2.75, 3.05) is 14.2 Å². The Morgan fingerprint density at radius 2 is 1.81 bits per heavy atom. The molecule has 8 heteroatoms. The first-order valence-electron chi connectivity index (χ1n) is 7.89. The maximum Gasteiger partial charge on any atom is 0.285 e. The third-order valence-electron chi connectivity index (χ3n) is 3.75. The first-order valence-corrected chi connectivity index (χ1v) is 9.12. The summed E-state index contributed by atoms with van der Waals surface area (Å²) in [6.45, 7) is 0. The van der Waals surface area contributed by atoms with Crippen LogP contribution in [0.2, 0.25) is 0 Å². The lowest BCUT2D eigenvalue weighted by Gasteiger charge is -2.15. The highest BCUT2D eigenvalue weighted by Crippen LogP contribution is 2.34. The molecule has 2 amide bonds. The van der Waals surface area contributed by atoms with E-state index >= 15 is 0 Å². The first-order chi connectivity index (χ1) is 13.0. The molecule has 0 aliphatic carbocycles. The van der Waals surface area contributed by atoms with Crippen LogP contribution >= 0.6 is 24.0 Å². The zero-order valence-corrected chi connectivity index (χ0v) is 16.2. The fourth-order valence-electron chi connectivity index (χ4n) is 2.41. The van der Waals surface area contributed by atoms with Gasteiger partial charge in [0.2, 0.25) is 0 Å². The van der Waals surface area contributed by atoms with Gasteiger partial charge >= 0.3 is 0 Å². The Hall–Kier alpha value is -2.84. The smallest absolute Gasteiger partial charge is 0.285 e. The summed E-state index contributed by atoms with van der Waals surface area (Å²) in [5.41, 5.74) is 3.74. The summed E-state index contributed by atoms with van der Waals surface area (Å²) in [6, 6.07) is 13.9. The summed E-state index contributed by atoms with van der Waals surface area (Å²) in [5.74, 6) is 0.361. The second kappa shape index (κ2) is 8.24. The van der Waals surface area contributed by atoms with Gasteiger partial charge in [-0.25, -0.2) is 0 Å². The van der Waals surface area contributed by atoms with Crippen molar-refractivity contribution < 1.29 is 19.1 Å². The van der Waals surface area contributed by atoms with Gasteiger partial charge in [0.1, 0.15) is 0 Å². The van der Waals surface area contributed by atoms with Gasteiger partial charge in [0.15, 0.2) is 15.8 Å². The molecule has 0 spiro atoms. The van der Waals surface area contributed by atoms with Crippen LogP contribution in [0.15, 0.2) is 53.4 Å². The van der Waals surface area contributed by atoms with Crippen LogP contribution in [-0.2, 0) is 4.79 Å². The summed E-state index contributed by atoms with van der Waals surface area (Å²) in [5, 5.41) is 1.09. The van der Waals surface area contributed by atoms with Gasteiger partial charge in [-0.1, -0.05) is 36.0 Å². The van der Waals surface area contributed by atoms with Crippen molar-refractivity contribution in [3.8, 4) is 11.5 Å². The van der Waals surface area contributed by atoms with E-state index in [2.05, 4.69) is 5.43 Å². The molecule has 1 N–H and O–H groups in total. The molecular formula is C19H16N2O4S2. The Morgan fingerprint density at radius 1 is 1.11 bits per heavy atom. The van der Waals surface area contributed by atoms with Crippen molar-refractivity contribution in [3.63, 3.8) is 0 Å². The first kappa shape index (κ1) is 18.9. The number of hydrogen-bond acceptors (Lipinski definition) is 6. The molecule has 138 valence electrons. The van der Waals surface area contributed by atoms with E-state index in [1.165, 1.54) is 0 Å². The lowest BCUT2D eigenvalue weighted by atomic mass is 10.2. The number of rotatable bonds is 5. The molecule has 3 rings (SSSR count). The van der Waals surface area contributed by atoms with Crippen molar-refractivity contribution in [2.45, 2.75) is 0 Å². The van der Waals surface area contributed by atoms with E-state index in [0.29, 0.717) is 22.0 Å². The standard InChI is InChI=1S/C19H16N2O4S2/c1-24-14-9-8-12(10-15(14)25-2)11-16-18(23)21(19(26)27-16)20-17(22)13-6-4-3-5-7-13/h3-11H,1-2H3,(H,20,22)/b16-11+. The van der Waals surface area contributed by atoms with Crippen LogP contribution in [0.4, 0.5) is 0 Å². The summed E-state index contributed by atoms with van der Waals surface area (Å²) in [4.78, 5) is 25.3. The van der Waals surface area contributed by atoms with Crippen LogP contribution < -0.4 is 14.9 Å². The maximum absolute atomic E-state index is 12.6. The fourth-order valence-corrected chi connectivity index (χ4v) is 3.59. The van der Waals surface area contributed by atoms with Crippen molar-refractivity contribution in [1.82, 2.24) is 10.4 Å². The molecule has 2 aromatic carbocycles. The van der Waals surface area contributed by atoms with Crippen LogP contribution in [0.3, 0.4) is 0 Å². The average Bonchev–Trinajstić information content (AvgIpc) is 2.95. The van der Waals surface area contributed by atoms with E-state index < -0.39 is 5.91 Å². The van der Waals surface area contributed by atoms with Gasteiger partial charge in [0.05, 0.1) is 19.1 Å². The molecular weight excluding hydrogens is 384 g/mol. The molecule has 27 heavy (non-hydrogen) atoms. The van der Waals surface area contributed by atoms with E-state index in [9.17, 15) is 9.59 Å². The molecule has 0 radical (unpaired) electrons. The minimum Gasteiger partial charge on any atom is -0.493 e. The van der Waals surface area contributed by atoms with Gasteiger partial charge in [-0.05, 0) is 48.1 Å². The Bertz CT molecular complexity index is 929. The number of nitrogens with one attached hydrogen (secondary N) is 1. The van der Waals surface area contributed by atoms with Crippen LogP contribution in [0.1, 0.15) is 15.9 Å². The Labute approximate surface area is 166 Å². The number of thiocarbonyl (C=S) groups is 1. The number of methoxy groups -OCH3 is 2. The highest BCUT2D eigenvalue weighted by atomic mass is 32.2. The van der Waals surface area contributed by atoms with Crippen LogP contribution in [0.25, 0.3) is 6.08 Å². The summed E-state index contributed by atoms with van der Waals surface area (Å²) in [6.07, 6.45) is 1.69. The third-order valence-corrected chi connectivity index (χ3v) is 5.05. The highest BCUT2D eigenvalue weighted by Gasteiger charge is 2.33. The molecule has 0 atom stereocenters. The minimum atomic E-state index is -0.403. The van der Waals surface area contributed by atoms with Gasteiger partial charge in [-0.2, -0.15) is 5.01 Å². The molecule has 1 fully saturated rings. The number of hydrogen-bond donors (Lipinski definition) is 1. The highest BCUT2D eigenvalue weighted by molar-refractivity contribution is 8.26. The zero-order chi connectivity index (χ0) is 19.4. The minimum absolute atomic E-state index is 0.260. The van der Waals surface area contributed by atoms with E-state index in [-0.39, 0.29) is 10.2 Å². The monoisotopic (exact) mass is 400 g/mol. The van der Waals surface area contributed by atoms with E-state index in [0.717, 1.165) is 22.3 Å². The largest absolute Gasteiger partial charge is 0.493 e. The van der Waals surface area contributed by atoms with Gasteiger partial charge in [0.25, 0.3) is 11.8 Å². The third kappa shape index (κ3) is 4.12. The Balaban J connectivity index is 1.79. The molecule has 1 aliphatic heterocycles. The second-order valence-electron chi connectivity index (χ2n) is 5.44. The number of benzene rings is 2. The van der Waals surface area contributed by atoms with E-state index in [1.54, 1.807) is 62.8 Å². The molecule has 0 unspecified atom stereocenters. The van der Waals surface area contributed by atoms with Gasteiger partial charge < -0.3 is 9.47 Å². The molecule has 0 saturated carbocycles. The molecule has 1 aliphatic rings.